The number of hydrogen-bond acceptors (Lipinski definition) is 2. The zero-order valence-corrected chi connectivity index (χ0v) is 13.4. The molecule has 4 aromatic carbocycles. The van der Waals surface area contributed by atoms with E-state index < -0.39 is 8.03 Å². The first-order chi connectivity index (χ1) is 11.3. The molecule has 0 aliphatic carbocycles. The van der Waals surface area contributed by atoms with Crippen molar-refractivity contribution in [1.29, 1.82) is 0 Å². The highest BCUT2D eigenvalue weighted by molar-refractivity contribution is 7.49. The van der Waals surface area contributed by atoms with E-state index in [0.29, 0.717) is 5.75 Å². The van der Waals surface area contributed by atoms with Gasteiger partial charge in [-0.1, -0.05) is 72.8 Å². The van der Waals surface area contributed by atoms with E-state index in [4.69, 9.17) is 4.52 Å². The van der Waals surface area contributed by atoms with Crippen LogP contribution in [0.25, 0.3) is 21.5 Å². The number of benzene rings is 4. The van der Waals surface area contributed by atoms with Crippen LogP contribution in [0.4, 0.5) is 0 Å². The van der Waals surface area contributed by atoms with Gasteiger partial charge < -0.3 is 4.52 Å². The lowest BCUT2D eigenvalue weighted by Crippen LogP contribution is -2.01. The van der Waals surface area contributed by atoms with Crippen molar-refractivity contribution in [1.82, 2.24) is 0 Å². The maximum absolute atomic E-state index is 12.8. The van der Waals surface area contributed by atoms with Gasteiger partial charge in [-0.3, -0.25) is 4.57 Å². The highest BCUT2D eigenvalue weighted by Gasteiger charge is 2.11. The van der Waals surface area contributed by atoms with Crippen LogP contribution in [0, 0.1) is 0 Å². The van der Waals surface area contributed by atoms with Crippen LogP contribution in [0.1, 0.15) is 0 Å². The predicted octanol–water partition coefficient (Wildman–Crippen LogP) is 5.17. The van der Waals surface area contributed by atoms with E-state index in [0.717, 1.165) is 26.8 Å². The molecule has 0 fully saturated rings. The van der Waals surface area contributed by atoms with E-state index in [1.54, 1.807) is 0 Å². The number of hydrogen-bond donors (Lipinski definition) is 0. The van der Waals surface area contributed by atoms with Crippen LogP contribution >= 0.6 is 8.03 Å². The Morgan fingerprint density at radius 1 is 0.609 bits per heavy atom. The van der Waals surface area contributed by atoms with Crippen LogP contribution in [0.3, 0.4) is 0 Å². The fourth-order valence-corrected chi connectivity index (χ4v) is 4.01. The first-order valence-electron chi connectivity index (χ1n) is 7.51. The molecule has 0 aliphatic heterocycles. The third-order valence-corrected chi connectivity index (χ3v) is 5.24. The maximum atomic E-state index is 12.8. The van der Waals surface area contributed by atoms with Crippen LogP contribution in [0.2, 0.25) is 0 Å². The second kappa shape index (κ2) is 5.91. The van der Waals surface area contributed by atoms with E-state index in [9.17, 15) is 4.57 Å². The predicted molar refractivity (Wildman–Crippen MR) is 97.2 cm³/mol. The minimum atomic E-state index is -2.38. The highest BCUT2D eigenvalue weighted by Crippen LogP contribution is 2.34. The van der Waals surface area contributed by atoms with Crippen molar-refractivity contribution in [3.8, 4) is 5.75 Å². The Labute approximate surface area is 135 Å². The molecule has 0 N–H and O–H groups in total. The lowest BCUT2D eigenvalue weighted by Gasteiger charge is -2.11. The minimum absolute atomic E-state index is 0.667. The summed E-state index contributed by atoms with van der Waals surface area (Å²) in [5.41, 5.74) is 0. The van der Waals surface area contributed by atoms with Gasteiger partial charge in [-0.25, -0.2) is 0 Å². The molecule has 0 saturated carbocycles. The molecule has 4 aromatic rings. The Balaban J connectivity index is 1.77. The molecular weight excluding hydrogens is 303 g/mol. The van der Waals surface area contributed by atoms with E-state index in [1.165, 1.54) is 0 Å². The lowest BCUT2D eigenvalue weighted by molar-refractivity contribution is 0.517. The molecule has 0 aromatic heterocycles. The summed E-state index contributed by atoms with van der Waals surface area (Å²) in [5.74, 6) is 0.667. The smallest absolute Gasteiger partial charge is 0.266 e. The molecule has 1 unspecified atom stereocenters. The summed E-state index contributed by atoms with van der Waals surface area (Å²) in [6, 6.07) is 27.6. The summed E-state index contributed by atoms with van der Waals surface area (Å²) in [4.78, 5) is 0. The van der Waals surface area contributed by atoms with Gasteiger partial charge in [0, 0.05) is 5.39 Å². The van der Waals surface area contributed by atoms with E-state index in [2.05, 4.69) is 0 Å². The van der Waals surface area contributed by atoms with E-state index in [-0.39, 0.29) is 0 Å². The second-order valence-corrected chi connectivity index (χ2v) is 6.71. The SMILES string of the molecule is O=[PH](Oc1cccc2ccccc12)c1cccc2ccccc12. The molecule has 0 radical (unpaired) electrons. The average molecular weight is 318 g/mol. The van der Waals surface area contributed by atoms with Gasteiger partial charge in [0.15, 0.2) is 0 Å². The van der Waals surface area contributed by atoms with Gasteiger partial charge in [-0.15, -0.1) is 0 Å². The zero-order chi connectivity index (χ0) is 15.6. The fraction of sp³-hybridized carbons (Fsp3) is 0. The summed E-state index contributed by atoms with van der Waals surface area (Å²) in [6.45, 7) is 0. The van der Waals surface area contributed by atoms with Gasteiger partial charge in [0.05, 0.1) is 5.30 Å². The quantitative estimate of drug-likeness (QED) is 0.487. The molecule has 0 spiro atoms. The Morgan fingerprint density at radius 2 is 1.17 bits per heavy atom. The van der Waals surface area contributed by atoms with Crippen molar-refractivity contribution in [2.75, 3.05) is 0 Å². The minimum Gasteiger partial charge on any atom is -0.441 e. The largest absolute Gasteiger partial charge is 0.441 e. The van der Waals surface area contributed by atoms with Crippen LogP contribution in [-0.4, -0.2) is 0 Å². The van der Waals surface area contributed by atoms with Crippen LogP contribution in [0.5, 0.6) is 5.75 Å². The normalized spacial score (nSPS) is 12.3. The van der Waals surface area contributed by atoms with Crippen molar-refractivity contribution in [2.45, 2.75) is 0 Å². The Kier molecular flexibility index (Phi) is 3.61. The molecule has 2 nitrogen and oxygen atoms in total. The van der Waals surface area contributed by atoms with Gasteiger partial charge in [-0.05, 0) is 28.3 Å². The summed E-state index contributed by atoms with van der Waals surface area (Å²) in [5, 5.41) is 4.89. The van der Waals surface area contributed by atoms with Crippen LogP contribution in [-0.2, 0) is 4.57 Å². The van der Waals surface area contributed by atoms with Crippen molar-refractivity contribution in [3.63, 3.8) is 0 Å². The number of rotatable bonds is 3. The lowest BCUT2D eigenvalue weighted by atomic mass is 10.1. The molecule has 112 valence electrons. The van der Waals surface area contributed by atoms with Crippen molar-refractivity contribution >= 4 is 34.9 Å². The Hall–Kier alpha value is -2.57. The Bertz CT molecular complexity index is 1010. The van der Waals surface area contributed by atoms with Crippen molar-refractivity contribution in [2.24, 2.45) is 0 Å². The van der Waals surface area contributed by atoms with Crippen LogP contribution < -0.4 is 9.83 Å². The first-order valence-corrected chi connectivity index (χ1v) is 8.82. The van der Waals surface area contributed by atoms with E-state index in [1.807, 2.05) is 84.9 Å². The molecule has 0 saturated heterocycles. The van der Waals surface area contributed by atoms with Gasteiger partial charge >= 0.3 is 0 Å². The molecule has 0 aliphatic rings. The second-order valence-electron chi connectivity index (χ2n) is 5.39. The third kappa shape index (κ3) is 2.62. The molecular formula is C20H15O2P. The topological polar surface area (TPSA) is 26.3 Å². The zero-order valence-electron chi connectivity index (χ0n) is 12.4. The molecule has 0 amide bonds. The van der Waals surface area contributed by atoms with E-state index >= 15 is 0 Å². The summed E-state index contributed by atoms with van der Waals surface area (Å²) in [7, 11) is -2.38. The summed E-state index contributed by atoms with van der Waals surface area (Å²) in [6.07, 6.45) is 0. The summed E-state index contributed by atoms with van der Waals surface area (Å²) < 4.78 is 18.7. The van der Waals surface area contributed by atoms with Gasteiger partial charge in [0.2, 0.25) is 0 Å². The summed E-state index contributed by atoms with van der Waals surface area (Å²) >= 11 is 0. The molecule has 23 heavy (non-hydrogen) atoms. The Morgan fingerprint density at radius 3 is 1.96 bits per heavy atom. The average Bonchev–Trinajstić information content (AvgIpc) is 2.61. The van der Waals surface area contributed by atoms with Crippen molar-refractivity contribution in [3.05, 3.63) is 84.9 Å². The molecule has 0 heterocycles. The van der Waals surface area contributed by atoms with Crippen LogP contribution in [0.15, 0.2) is 84.9 Å². The van der Waals surface area contributed by atoms with Gasteiger partial charge in [0.1, 0.15) is 5.75 Å². The first kappa shape index (κ1) is 14.0. The third-order valence-electron chi connectivity index (χ3n) is 3.96. The molecule has 1 atom stereocenters. The highest BCUT2D eigenvalue weighted by atomic mass is 31.1. The number of fused-ring (bicyclic) bond motifs is 2. The van der Waals surface area contributed by atoms with Gasteiger partial charge in [0.25, 0.3) is 8.03 Å². The molecule has 3 heteroatoms. The standard InChI is InChI=1S/C20H15O2P/c21-23(20-14-6-10-16-8-2-4-12-18(16)20)22-19-13-5-9-15-7-1-3-11-17(15)19/h1-14,23H. The van der Waals surface area contributed by atoms with Crippen molar-refractivity contribution < 1.29 is 9.09 Å². The monoisotopic (exact) mass is 318 g/mol. The molecule has 0 bridgehead atoms. The molecule has 4 rings (SSSR count). The fourth-order valence-electron chi connectivity index (χ4n) is 2.84. The van der Waals surface area contributed by atoms with Gasteiger partial charge in [-0.2, -0.15) is 0 Å². The maximum Gasteiger partial charge on any atom is 0.266 e.